The molecule has 0 aliphatic heterocycles. The molecule has 0 spiro atoms. The molecule has 0 aliphatic carbocycles. The van der Waals surface area contributed by atoms with Crippen molar-refractivity contribution in [1.29, 1.82) is 0 Å². The molecule has 0 unspecified atom stereocenters. The number of nitrogens with zero attached hydrogens (tertiary/aromatic N) is 5. The third-order valence-corrected chi connectivity index (χ3v) is 2.90. The topological polar surface area (TPSA) is 58.9 Å². The predicted molar refractivity (Wildman–Crippen MR) is 72.1 cm³/mol. The summed E-state index contributed by atoms with van der Waals surface area (Å²) in [6.07, 6.45) is 5.16. The molecule has 2 aromatic rings. The Kier molecular flexibility index (Phi) is 3.99. The van der Waals surface area contributed by atoms with E-state index in [-0.39, 0.29) is 0 Å². The quantitative estimate of drug-likeness (QED) is 0.832. The van der Waals surface area contributed by atoms with Crippen LogP contribution < -0.4 is 10.2 Å². The molecule has 0 bridgehead atoms. The second kappa shape index (κ2) is 5.68. The minimum absolute atomic E-state index is 0.424. The minimum atomic E-state index is 0.424. The first-order valence-electron chi connectivity index (χ1n) is 5.59. The molecule has 0 aliphatic rings. The highest BCUT2D eigenvalue weighted by atomic mass is 35.5. The number of halogens is 1. The van der Waals surface area contributed by atoms with Crippen LogP contribution in [0, 0.1) is 0 Å². The lowest BCUT2D eigenvalue weighted by Crippen LogP contribution is -2.24. The first-order valence-corrected chi connectivity index (χ1v) is 5.97. The normalized spacial score (nSPS) is 10.4. The van der Waals surface area contributed by atoms with E-state index in [0.29, 0.717) is 5.15 Å². The van der Waals surface area contributed by atoms with E-state index >= 15 is 0 Å². The number of likely N-dealkylation sites (N-methyl/N-ethyl adjacent to an activating group) is 1. The fourth-order valence-electron chi connectivity index (χ4n) is 1.65. The summed E-state index contributed by atoms with van der Waals surface area (Å²) in [6, 6.07) is 1.90. The molecule has 0 saturated heterocycles. The lowest BCUT2D eigenvalue weighted by atomic mass is 10.4. The molecule has 0 atom stereocenters. The standard InChI is InChI=1S/C11H15ClN6/c1-13-9-10(12)14-8-15-11(9)17(2)6-7-18-5-3-4-16-18/h3-5,8,13H,6-7H2,1-2H3. The SMILES string of the molecule is CNc1c(Cl)ncnc1N(C)CCn1cccn1. The van der Waals surface area contributed by atoms with Crippen molar-refractivity contribution in [2.45, 2.75) is 6.54 Å². The van der Waals surface area contributed by atoms with Gasteiger partial charge < -0.3 is 10.2 Å². The van der Waals surface area contributed by atoms with Gasteiger partial charge in [0, 0.05) is 33.0 Å². The molecule has 6 nitrogen and oxygen atoms in total. The molecule has 0 radical (unpaired) electrons. The number of hydrogen-bond donors (Lipinski definition) is 1. The monoisotopic (exact) mass is 266 g/mol. The predicted octanol–water partition coefficient (Wildman–Crippen LogP) is 1.50. The van der Waals surface area contributed by atoms with Gasteiger partial charge in [-0.3, -0.25) is 4.68 Å². The maximum Gasteiger partial charge on any atom is 0.157 e. The lowest BCUT2D eigenvalue weighted by Gasteiger charge is -2.21. The van der Waals surface area contributed by atoms with Crippen molar-refractivity contribution in [1.82, 2.24) is 19.7 Å². The van der Waals surface area contributed by atoms with Crippen LogP contribution in [0.3, 0.4) is 0 Å². The van der Waals surface area contributed by atoms with Crippen molar-refractivity contribution in [2.75, 3.05) is 30.9 Å². The van der Waals surface area contributed by atoms with Crippen LogP contribution in [-0.2, 0) is 6.54 Å². The Morgan fingerprint density at radius 2 is 2.28 bits per heavy atom. The largest absolute Gasteiger partial charge is 0.383 e. The third-order valence-electron chi connectivity index (χ3n) is 2.62. The Bertz CT molecular complexity index is 498. The molecule has 2 heterocycles. The van der Waals surface area contributed by atoms with Gasteiger partial charge in [0.2, 0.25) is 0 Å². The summed E-state index contributed by atoms with van der Waals surface area (Å²) in [5.74, 6) is 0.782. The van der Waals surface area contributed by atoms with E-state index in [4.69, 9.17) is 11.6 Å². The summed E-state index contributed by atoms with van der Waals surface area (Å²) in [5.41, 5.74) is 0.738. The van der Waals surface area contributed by atoms with Crippen molar-refractivity contribution >= 4 is 23.1 Å². The minimum Gasteiger partial charge on any atom is -0.383 e. The number of aromatic nitrogens is 4. The Labute approximate surface area is 111 Å². The van der Waals surface area contributed by atoms with Gasteiger partial charge in [0.05, 0.1) is 6.54 Å². The van der Waals surface area contributed by atoms with E-state index in [9.17, 15) is 0 Å². The van der Waals surface area contributed by atoms with Crippen LogP contribution in [-0.4, -0.2) is 40.4 Å². The highest BCUT2D eigenvalue weighted by molar-refractivity contribution is 6.32. The molecule has 0 aromatic carbocycles. The second-order valence-corrected chi connectivity index (χ2v) is 4.16. The first kappa shape index (κ1) is 12.6. The van der Waals surface area contributed by atoms with Crippen molar-refractivity contribution in [2.24, 2.45) is 0 Å². The Morgan fingerprint density at radius 1 is 1.44 bits per heavy atom. The van der Waals surface area contributed by atoms with Crippen LogP contribution >= 0.6 is 11.6 Å². The summed E-state index contributed by atoms with van der Waals surface area (Å²) in [4.78, 5) is 10.2. The van der Waals surface area contributed by atoms with Crippen LogP contribution in [0.5, 0.6) is 0 Å². The molecule has 2 rings (SSSR count). The summed E-state index contributed by atoms with van der Waals surface area (Å²) in [5, 5.41) is 7.60. The van der Waals surface area contributed by atoms with Gasteiger partial charge in [-0.25, -0.2) is 9.97 Å². The molecular weight excluding hydrogens is 252 g/mol. The maximum atomic E-state index is 6.02. The van der Waals surface area contributed by atoms with E-state index in [1.54, 1.807) is 13.2 Å². The van der Waals surface area contributed by atoms with Gasteiger partial charge in [0.25, 0.3) is 0 Å². The average Bonchev–Trinajstić information content (AvgIpc) is 2.88. The Hall–Kier alpha value is -1.82. The number of anilines is 2. The van der Waals surface area contributed by atoms with Gasteiger partial charge in [0.15, 0.2) is 11.0 Å². The number of nitrogens with one attached hydrogen (secondary N) is 1. The average molecular weight is 267 g/mol. The summed E-state index contributed by atoms with van der Waals surface area (Å²) < 4.78 is 1.87. The summed E-state index contributed by atoms with van der Waals surface area (Å²) in [7, 11) is 3.76. The zero-order valence-corrected chi connectivity index (χ0v) is 11.1. The molecule has 96 valence electrons. The highest BCUT2D eigenvalue weighted by Crippen LogP contribution is 2.27. The van der Waals surface area contributed by atoms with E-state index in [1.807, 2.05) is 28.9 Å². The highest BCUT2D eigenvalue weighted by Gasteiger charge is 2.12. The molecule has 0 amide bonds. The second-order valence-electron chi connectivity index (χ2n) is 3.80. The van der Waals surface area contributed by atoms with Crippen LogP contribution in [0.25, 0.3) is 0 Å². The van der Waals surface area contributed by atoms with Gasteiger partial charge in [-0.15, -0.1) is 0 Å². The zero-order valence-electron chi connectivity index (χ0n) is 10.3. The van der Waals surface area contributed by atoms with Crippen LogP contribution in [0.4, 0.5) is 11.5 Å². The molecule has 0 saturated carbocycles. The molecule has 7 heteroatoms. The van der Waals surface area contributed by atoms with Gasteiger partial charge in [0.1, 0.15) is 12.0 Å². The third kappa shape index (κ3) is 2.70. The maximum absolute atomic E-state index is 6.02. The first-order chi connectivity index (χ1) is 8.72. The Balaban J connectivity index is 2.08. The van der Waals surface area contributed by atoms with E-state index in [1.165, 1.54) is 6.33 Å². The van der Waals surface area contributed by atoms with E-state index in [0.717, 1.165) is 24.6 Å². The number of hydrogen-bond acceptors (Lipinski definition) is 5. The number of rotatable bonds is 5. The molecule has 1 N–H and O–H groups in total. The van der Waals surface area contributed by atoms with Crippen LogP contribution in [0.1, 0.15) is 0 Å². The molecule has 0 fully saturated rings. The van der Waals surface area contributed by atoms with E-state index < -0.39 is 0 Å². The van der Waals surface area contributed by atoms with Gasteiger partial charge in [-0.05, 0) is 6.07 Å². The van der Waals surface area contributed by atoms with Gasteiger partial charge >= 0.3 is 0 Å². The summed E-state index contributed by atoms with van der Waals surface area (Å²) >= 11 is 6.02. The summed E-state index contributed by atoms with van der Waals surface area (Å²) in [6.45, 7) is 1.57. The van der Waals surface area contributed by atoms with E-state index in [2.05, 4.69) is 20.4 Å². The molecule has 18 heavy (non-hydrogen) atoms. The van der Waals surface area contributed by atoms with Crippen molar-refractivity contribution in [3.05, 3.63) is 29.9 Å². The van der Waals surface area contributed by atoms with Crippen molar-refractivity contribution in [3.63, 3.8) is 0 Å². The van der Waals surface area contributed by atoms with Crippen molar-refractivity contribution in [3.8, 4) is 0 Å². The van der Waals surface area contributed by atoms with Gasteiger partial charge in [-0.2, -0.15) is 5.10 Å². The van der Waals surface area contributed by atoms with Crippen LogP contribution in [0.15, 0.2) is 24.8 Å². The Morgan fingerprint density at radius 3 is 2.94 bits per heavy atom. The van der Waals surface area contributed by atoms with Gasteiger partial charge in [-0.1, -0.05) is 11.6 Å². The fraction of sp³-hybridized carbons (Fsp3) is 0.364. The molecule has 2 aromatic heterocycles. The fourth-order valence-corrected chi connectivity index (χ4v) is 1.87. The van der Waals surface area contributed by atoms with Crippen molar-refractivity contribution < 1.29 is 0 Å². The molecular formula is C11H15ClN6. The lowest BCUT2D eigenvalue weighted by molar-refractivity contribution is 0.609. The zero-order chi connectivity index (χ0) is 13.0. The smallest absolute Gasteiger partial charge is 0.157 e. The van der Waals surface area contributed by atoms with Crippen LogP contribution in [0.2, 0.25) is 5.15 Å².